The van der Waals surface area contributed by atoms with Crippen LogP contribution in [0.25, 0.3) is 0 Å². The molecule has 0 saturated carbocycles. The first kappa shape index (κ1) is 15.7. The predicted molar refractivity (Wildman–Crippen MR) is 69.4 cm³/mol. The lowest BCUT2D eigenvalue weighted by molar-refractivity contribution is -0.128. The number of rotatable bonds is 9. The number of hydrogen-bond donors (Lipinski definition) is 1. The minimum atomic E-state index is 0.0735. The molecule has 96 valence electrons. The van der Waals surface area contributed by atoms with E-state index in [-0.39, 0.29) is 11.8 Å². The lowest BCUT2D eigenvalue weighted by Crippen LogP contribution is -2.24. The van der Waals surface area contributed by atoms with Crippen LogP contribution in [-0.2, 0) is 9.53 Å². The summed E-state index contributed by atoms with van der Waals surface area (Å²) in [5.41, 5.74) is 0. The average molecular weight is 248 g/mol. The Balaban J connectivity index is 3.34. The number of ether oxygens (including phenoxy) is 1. The summed E-state index contributed by atoms with van der Waals surface area (Å²) in [7, 11) is 3.74. The molecule has 1 N–H and O–H groups in total. The molecule has 0 rings (SSSR count). The number of likely N-dealkylation sites (N-methyl/N-ethyl adjacent to an activating group) is 1. The fraction of sp³-hybridized carbons (Fsp3) is 0.909. The second-order valence-corrected chi connectivity index (χ2v) is 5.11. The van der Waals surface area contributed by atoms with Gasteiger partial charge in [-0.3, -0.25) is 9.10 Å². The van der Waals surface area contributed by atoms with Crippen molar-refractivity contribution in [2.24, 2.45) is 5.92 Å². The second-order valence-electron chi connectivity index (χ2n) is 3.89. The normalized spacial score (nSPS) is 10.8. The molecule has 0 radical (unpaired) electrons. The highest BCUT2D eigenvalue weighted by molar-refractivity contribution is 7.97. The Kier molecular flexibility index (Phi) is 9.77. The van der Waals surface area contributed by atoms with Crippen molar-refractivity contribution in [3.63, 3.8) is 0 Å². The van der Waals surface area contributed by atoms with Crippen molar-refractivity contribution < 1.29 is 9.53 Å². The fourth-order valence-corrected chi connectivity index (χ4v) is 1.92. The van der Waals surface area contributed by atoms with Crippen LogP contribution in [0.1, 0.15) is 20.3 Å². The van der Waals surface area contributed by atoms with Crippen LogP contribution in [0.3, 0.4) is 0 Å². The van der Waals surface area contributed by atoms with Gasteiger partial charge in [0.1, 0.15) is 0 Å². The smallest absolute Gasteiger partial charge is 0.234 e. The molecule has 0 spiro atoms. The maximum absolute atomic E-state index is 11.5. The summed E-state index contributed by atoms with van der Waals surface area (Å²) in [6, 6.07) is 0. The minimum absolute atomic E-state index is 0.0735. The molecule has 0 saturated heterocycles. The minimum Gasteiger partial charge on any atom is -0.380 e. The van der Waals surface area contributed by atoms with Crippen LogP contribution in [0.4, 0.5) is 0 Å². The van der Waals surface area contributed by atoms with Crippen molar-refractivity contribution in [1.29, 1.82) is 0 Å². The van der Waals surface area contributed by atoms with Crippen LogP contribution in [0, 0.1) is 5.92 Å². The zero-order valence-electron chi connectivity index (χ0n) is 10.8. The van der Waals surface area contributed by atoms with Gasteiger partial charge < -0.3 is 10.1 Å². The van der Waals surface area contributed by atoms with Crippen molar-refractivity contribution in [2.45, 2.75) is 20.3 Å². The number of carbonyl (C=O) groups excluding carboxylic acids is 1. The molecule has 1 amide bonds. The molecule has 0 aliphatic rings. The van der Waals surface area contributed by atoms with Crippen LogP contribution in [0.15, 0.2) is 0 Å². The summed E-state index contributed by atoms with van der Waals surface area (Å²) >= 11 is 1.56. The van der Waals surface area contributed by atoms with Gasteiger partial charge in [0, 0.05) is 31.9 Å². The number of hydrogen-bond acceptors (Lipinski definition) is 4. The molecule has 0 atom stereocenters. The Labute approximate surface area is 103 Å². The highest BCUT2D eigenvalue weighted by Crippen LogP contribution is 2.12. The van der Waals surface area contributed by atoms with Gasteiger partial charge in [-0.15, -0.1) is 0 Å². The highest BCUT2D eigenvalue weighted by Gasteiger charge is 2.12. The van der Waals surface area contributed by atoms with Gasteiger partial charge in [-0.25, -0.2) is 0 Å². The topological polar surface area (TPSA) is 41.6 Å². The van der Waals surface area contributed by atoms with Gasteiger partial charge in [0.25, 0.3) is 0 Å². The largest absolute Gasteiger partial charge is 0.380 e. The number of carbonyl (C=O) groups is 1. The third-order valence-corrected chi connectivity index (χ3v) is 3.06. The molecule has 0 fully saturated rings. The van der Waals surface area contributed by atoms with Gasteiger partial charge in [0.05, 0.1) is 6.61 Å². The van der Waals surface area contributed by atoms with Crippen molar-refractivity contribution in [2.75, 3.05) is 39.6 Å². The number of nitrogens with one attached hydrogen (secondary N) is 1. The summed E-state index contributed by atoms with van der Waals surface area (Å²) in [5, 5.41) is 3.02. The van der Waals surface area contributed by atoms with Crippen LogP contribution < -0.4 is 5.32 Å². The standard InChI is InChI=1S/C11H24N2O2S/c1-10(2)11(14)13(4)16-9-5-7-15-8-6-12-3/h10,12H,5-9H2,1-4H3. The van der Waals surface area contributed by atoms with Gasteiger partial charge in [-0.05, 0) is 25.4 Å². The Morgan fingerprint density at radius 2 is 2.12 bits per heavy atom. The van der Waals surface area contributed by atoms with E-state index in [0.717, 1.165) is 31.9 Å². The Morgan fingerprint density at radius 3 is 2.69 bits per heavy atom. The zero-order valence-corrected chi connectivity index (χ0v) is 11.6. The van der Waals surface area contributed by atoms with E-state index in [1.165, 1.54) is 0 Å². The van der Waals surface area contributed by atoms with Crippen LogP contribution in [0.5, 0.6) is 0 Å². The molecular weight excluding hydrogens is 224 g/mol. The van der Waals surface area contributed by atoms with E-state index in [2.05, 4.69) is 5.32 Å². The predicted octanol–water partition coefficient (Wildman–Crippen LogP) is 1.38. The molecular formula is C11H24N2O2S. The first-order chi connectivity index (χ1) is 7.59. The molecule has 16 heavy (non-hydrogen) atoms. The van der Waals surface area contributed by atoms with Crippen LogP contribution in [0.2, 0.25) is 0 Å². The third-order valence-electron chi connectivity index (χ3n) is 2.02. The van der Waals surface area contributed by atoms with Gasteiger partial charge in [0.2, 0.25) is 5.91 Å². The van der Waals surface area contributed by atoms with Gasteiger partial charge >= 0.3 is 0 Å². The molecule has 0 aromatic carbocycles. The maximum Gasteiger partial charge on any atom is 0.234 e. The zero-order chi connectivity index (χ0) is 12.4. The average Bonchev–Trinajstić information content (AvgIpc) is 2.26. The molecule has 0 unspecified atom stereocenters. The van der Waals surface area contributed by atoms with Crippen LogP contribution >= 0.6 is 11.9 Å². The molecule has 0 heterocycles. The van der Waals surface area contributed by atoms with Crippen molar-refractivity contribution >= 4 is 17.9 Å². The van der Waals surface area contributed by atoms with E-state index in [4.69, 9.17) is 4.74 Å². The first-order valence-electron chi connectivity index (χ1n) is 5.72. The fourth-order valence-electron chi connectivity index (χ4n) is 1.07. The van der Waals surface area contributed by atoms with Gasteiger partial charge in [-0.2, -0.15) is 0 Å². The van der Waals surface area contributed by atoms with Crippen LogP contribution in [-0.4, -0.2) is 49.8 Å². The van der Waals surface area contributed by atoms with Crippen molar-refractivity contribution in [3.05, 3.63) is 0 Å². The van der Waals surface area contributed by atoms with E-state index in [0.29, 0.717) is 0 Å². The second kappa shape index (κ2) is 9.93. The van der Waals surface area contributed by atoms with E-state index in [9.17, 15) is 4.79 Å². The number of amides is 1. The molecule has 0 aliphatic heterocycles. The van der Waals surface area contributed by atoms with Gasteiger partial charge in [0.15, 0.2) is 0 Å². The summed E-state index contributed by atoms with van der Waals surface area (Å²) in [4.78, 5) is 11.5. The van der Waals surface area contributed by atoms with E-state index in [1.54, 1.807) is 16.3 Å². The molecule has 0 aromatic rings. The SMILES string of the molecule is CNCCOCCCSN(C)C(=O)C(C)C. The Bertz CT molecular complexity index is 189. The molecule has 4 nitrogen and oxygen atoms in total. The molecule has 0 aromatic heterocycles. The lowest BCUT2D eigenvalue weighted by atomic mass is 10.2. The molecule has 0 bridgehead atoms. The third kappa shape index (κ3) is 7.96. The van der Waals surface area contributed by atoms with Crippen molar-refractivity contribution in [1.82, 2.24) is 9.62 Å². The van der Waals surface area contributed by atoms with E-state index in [1.807, 2.05) is 27.9 Å². The molecule has 5 heteroatoms. The number of nitrogens with zero attached hydrogens (tertiary/aromatic N) is 1. The molecule has 0 aliphatic carbocycles. The Morgan fingerprint density at radius 1 is 1.44 bits per heavy atom. The van der Waals surface area contributed by atoms with E-state index < -0.39 is 0 Å². The quantitative estimate of drug-likeness (QED) is 0.494. The summed E-state index contributed by atoms with van der Waals surface area (Å²) in [5.74, 6) is 1.18. The highest BCUT2D eigenvalue weighted by atomic mass is 32.2. The van der Waals surface area contributed by atoms with Crippen molar-refractivity contribution in [3.8, 4) is 0 Å². The monoisotopic (exact) mass is 248 g/mol. The lowest BCUT2D eigenvalue weighted by Gasteiger charge is -2.17. The first-order valence-corrected chi connectivity index (χ1v) is 6.66. The maximum atomic E-state index is 11.5. The van der Waals surface area contributed by atoms with E-state index >= 15 is 0 Å². The Hall–Kier alpha value is -0.260. The van der Waals surface area contributed by atoms with Gasteiger partial charge in [-0.1, -0.05) is 13.8 Å². The summed E-state index contributed by atoms with van der Waals surface area (Å²) < 4.78 is 7.11. The summed E-state index contributed by atoms with van der Waals surface area (Å²) in [6.45, 7) is 6.24. The summed E-state index contributed by atoms with van der Waals surface area (Å²) in [6.07, 6.45) is 0.976.